The van der Waals surface area contributed by atoms with E-state index in [4.69, 9.17) is 36.3 Å². The summed E-state index contributed by atoms with van der Waals surface area (Å²) in [5, 5.41) is 10.6. The van der Waals surface area contributed by atoms with Crippen molar-refractivity contribution in [1.29, 1.82) is 5.26 Å². The lowest BCUT2D eigenvalue weighted by atomic mass is 9.83. The fraction of sp³-hybridized carbons (Fsp3) is 0.125. The van der Waals surface area contributed by atoms with Gasteiger partial charge in [0.25, 0.3) is 0 Å². The van der Waals surface area contributed by atoms with E-state index in [0.29, 0.717) is 34.4 Å². The van der Waals surface area contributed by atoms with Crippen LogP contribution in [0, 0.1) is 18.3 Å². The van der Waals surface area contributed by atoms with E-state index < -0.39 is 11.9 Å². The van der Waals surface area contributed by atoms with Crippen molar-refractivity contribution in [1.82, 2.24) is 0 Å². The van der Waals surface area contributed by atoms with Crippen molar-refractivity contribution < 1.29 is 23.7 Å². The molecule has 0 aliphatic carbocycles. The van der Waals surface area contributed by atoms with Crippen molar-refractivity contribution in [2.24, 2.45) is 5.73 Å². The van der Waals surface area contributed by atoms with Crippen LogP contribution in [-0.4, -0.2) is 12.6 Å². The van der Waals surface area contributed by atoms with Crippen molar-refractivity contribution in [3.63, 3.8) is 0 Å². The highest BCUT2D eigenvalue weighted by Gasteiger charge is 2.31. The van der Waals surface area contributed by atoms with Crippen LogP contribution in [0.5, 0.6) is 23.0 Å². The summed E-state index contributed by atoms with van der Waals surface area (Å²) in [5.74, 6) is 0.787. The van der Waals surface area contributed by atoms with Gasteiger partial charge < -0.3 is 24.7 Å². The number of hydrogen-bond acceptors (Lipinski definition) is 7. The number of hydrogen-bond donors (Lipinski definition) is 1. The van der Waals surface area contributed by atoms with Crippen LogP contribution < -0.4 is 24.7 Å². The van der Waals surface area contributed by atoms with Gasteiger partial charge in [0.2, 0.25) is 5.88 Å². The number of benzene rings is 4. The number of ether oxygens (including phenoxy) is 4. The van der Waals surface area contributed by atoms with Gasteiger partial charge >= 0.3 is 5.97 Å². The summed E-state index contributed by atoms with van der Waals surface area (Å²) in [6, 6.07) is 29.5. The first kappa shape index (κ1) is 26.7. The highest BCUT2D eigenvalue weighted by molar-refractivity contribution is 6.30. The second-order valence-corrected chi connectivity index (χ2v) is 9.63. The molecule has 0 bridgehead atoms. The van der Waals surface area contributed by atoms with Gasteiger partial charge in [-0.2, -0.15) is 5.26 Å². The summed E-state index contributed by atoms with van der Waals surface area (Å²) in [6.07, 6.45) is 0. The molecule has 4 aromatic rings. The number of esters is 1. The largest absolute Gasteiger partial charge is 0.489 e. The molecule has 4 aromatic carbocycles. The quantitative estimate of drug-likeness (QED) is 0.198. The highest BCUT2D eigenvalue weighted by atomic mass is 35.5. The third-order valence-electron chi connectivity index (χ3n) is 6.28. The van der Waals surface area contributed by atoms with Crippen LogP contribution >= 0.6 is 11.6 Å². The summed E-state index contributed by atoms with van der Waals surface area (Å²) in [7, 11) is 0. The fourth-order valence-electron chi connectivity index (χ4n) is 4.38. The monoisotopic (exact) mass is 552 g/mol. The number of carbonyl (C=O) groups excluding carboxylic acids is 1. The molecule has 0 amide bonds. The van der Waals surface area contributed by atoms with Crippen LogP contribution in [0.25, 0.3) is 0 Å². The minimum atomic E-state index is -0.569. The average molecular weight is 553 g/mol. The second kappa shape index (κ2) is 11.9. The van der Waals surface area contributed by atoms with Gasteiger partial charge in [-0.1, -0.05) is 54.1 Å². The van der Waals surface area contributed by atoms with E-state index in [9.17, 15) is 10.1 Å². The molecular formula is C32H25ClN2O5. The number of fused-ring (bicyclic) bond motifs is 1. The molecular weight excluding hydrogens is 528 g/mol. The number of nitrogens with zero attached hydrogens (tertiary/aromatic N) is 1. The van der Waals surface area contributed by atoms with E-state index in [-0.39, 0.29) is 23.8 Å². The molecule has 2 N–H and O–H groups in total. The van der Waals surface area contributed by atoms with Gasteiger partial charge in [-0.05, 0) is 66.1 Å². The molecule has 8 heteroatoms. The molecule has 40 heavy (non-hydrogen) atoms. The standard InChI is InChI=1S/C32H25ClN2O5/c1-20-4-2-6-24(14-20)38-19-30(36)39-26-12-13-27-29(16-26)40-32(35)28(17-34)31(27)22-5-3-7-25(15-22)37-18-21-8-10-23(33)11-9-21/h2-16,31H,18-19,35H2,1H3. The first-order chi connectivity index (χ1) is 19.4. The van der Waals surface area contributed by atoms with Crippen LogP contribution in [0.4, 0.5) is 0 Å². The minimum absolute atomic E-state index is 0.0151. The highest BCUT2D eigenvalue weighted by Crippen LogP contribution is 2.44. The maximum Gasteiger partial charge on any atom is 0.349 e. The van der Waals surface area contributed by atoms with E-state index in [1.54, 1.807) is 24.3 Å². The van der Waals surface area contributed by atoms with Gasteiger partial charge in [-0.25, -0.2) is 4.79 Å². The number of rotatable bonds is 8. The van der Waals surface area contributed by atoms with Gasteiger partial charge in [-0.15, -0.1) is 0 Å². The van der Waals surface area contributed by atoms with E-state index >= 15 is 0 Å². The number of allylic oxidation sites excluding steroid dienone is 1. The Morgan fingerprint density at radius 2 is 1.70 bits per heavy atom. The second-order valence-electron chi connectivity index (χ2n) is 9.19. The van der Waals surface area contributed by atoms with Crippen molar-refractivity contribution in [3.05, 3.63) is 130 Å². The molecule has 1 aliphatic rings. The van der Waals surface area contributed by atoms with Gasteiger partial charge in [0.1, 0.15) is 41.2 Å². The SMILES string of the molecule is Cc1cccc(OCC(=O)Oc2ccc3c(c2)OC(N)=C(C#N)C3c2cccc(OCc3ccc(Cl)cc3)c2)c1. The van der Waals surface area contributed by atoms with Gasteiger partial charge in [0.05, 0.1) is 5.92 Å². The molecule has 0 spiro atoms. The summed E-state index contributed by atoms with van der Waals surface area (Å²) >= 11 is 5.97. The molecule has 0 fully saturated rings. The van der Waals surface area contributed by atoms with Crippen LogP contribution in [0.2, 0.25) is 5.02 Å². The van der Waals surface area contributed by atoms with Crippen LogP contribution in [0.1, 0.15) is 28.2 Å². The van der Waals surface area contributed by atoms with E-state index in [2.05, 4.69) is 6.07 Å². The molecule has 200 valence electrons. The minimum Gasteiger partial charge on any atom is -0.489 e. The van der Waals surface area contributed by atoms with Crippen molar-refractivity contribution >= 4 is 17.6 Å². The van der Waals surface area contributed by atoms with E-state index in [1.807, 2.05) is 73.7 Å². The van der Waals surface area contributed by atoms with Gasteiger partial charge in [0.15, 0.2) is 6.61 Å². The van der Waals surface area contributed by atoms with Gasteiger partial charge in [-0.3, -0.25) is 0 Å². The number of nitriles is 1. The van der Waals surface area contributed by atoms with Gasteiger partial charge in [0, 0.05) is 16.7 Å². The Morgan fingerprint density at radius 3 is 2.45 bits per heavy atom. The van der Waals surface area contributed by atoms with Crippen LogP contribution in [0.3, 0.4) is 0 Å². The Bertz CT molecular complexity index is 1630. The number of nitrogens with two attached hydrogens (primary N) is 1. The summed E-state index contributed by atoms with van der Waals surface area (Å²) < 4.78 is 22.8. The van der Waals surface area contributed by atoms with Crippen molar-refractivity contribution in [3.8, 4) is 29.1 Å². The van der Waals surface area contributed by atoms with Crippen LogP contribution in [-0.2, 0) is 11.4 Å². The Balaban J connectivity index is 1.33. The Labute approximate surface area is 236 Å². The molecule has 1 heterocycles. The predicted molar refractivity (Wildman–Crippen MR) is 150 cm³/mol. The van der Waals surface area contributed by atoms with Crippen molar-refractivity contribution in [2.75, 3.05) is 6.61 Å². The molecule has 1 unspecified atom stereocenters. The third kappa shape index (κ3) is 6.20. The lowest BCUT2D eigenvalue weighted by Crippen LogP contribution is -2.21. The van der Waals surface area contributed by atoms with Crippen molar-refractivity contribution in [2.45, 2.75) is 19.4 Å². The topological polar surface area (TPSA) is 104 Å². The summed E-state index contributed by atoms with van der Waals surface area (Å²) in [6.45, 7) is 2.04. The smallest absolute Gasteiger partial charge is 0.349 e. The average Bonchev–Trinajstić information content (AvgIpc) is 2.95. The number of halogens is 1. The molecule has 0 radical (unpaired) electrons. The maximum atomic E-state index is 12.4. The van der Waals surface area contributed by atoms with E-state index in [1.165, 1.54) is 0 Å². The molecule has 0 saturated carbocycles. The first-order valence-electron chi connectivity index (χ1n) is 12.5. The Hall–Kier alpha value is -4.93. The zero-order chi connectivity index (χ0) is 28.1. The molecule has 1 atom stereocenters. The summed E-state index contributed by atoms with van der Waals surface area (Å²) in [5.41, 5.74) is 9.93. The zero-order valence-corrected chi connectivity index (χ0v) is 22.4. The number of carbonyl (C=O) groups is 1. The molecule has 7 nitrogen and oxygen atoms in total. The molecule has 1 aliphatic heterocycles. The summed E-state index contributed by atoms with van der Waals surface area (Å²) in [4.78, 5) is 12.4. The lowest BCUT2D eigenvalue weighted by molar-refractivity contribution is -0.136. The maximum absolute atomic E-state index is 12.4. The zero-order valence-electron chi connectivity index (χ0n) is 21.6. The third-order valence-corrected chi connectivity index (χ3v) is 6.53. The molecule has 0 saturated heterocycles. The molecule has 5 rings (SSSR count). The fourth-order valence-corrected chi connectivity index (χ4v) is 4.51. The Kier molecular flexibility index (Phi) is 7.90. The lowest BCUT2D eigenvalue weighted by Gasteiger charge is -2.27. The predicted octanol–water partition coefficient (Wildman–Crippen LogP) is 6.43. The van der Waals surface area contributed by atoms with Crippen LogP contribution in [0.15, 0.2) is 102 Å². The van der Waals surface area contributed by atoms with E-state index in [0.717, 1.165) is 16.7 Å². The molecule has 0 aromatic heterocycles. The first-order valence-corrected chi connectivity index (χ1v) is 12.9. The Morgan fingerprint density at radius 1 is 0.950 bits per heavy atom. The number of aryl methyl sites for hydroxylation is 1. The normalized spacial score (nSPS) is 14.0.